The van der Waals surface area contributed by atoms with E-state index in [0.717, 1.165) is 24.8 Å². The maximum atomic E-state index is 11.3. The molecule has 0 heterocycles. The van der Waals surface area contributed by atoms with E-state index < -0.39 is 5.97 Å². The Bertz CT molecular complexity index is 478. The third kappa shape index (κ3) is 3.15. The SMILES string of the molecule is O=CN[C@@H]1C[C@H](Br)CC[C@@H]1c1ccccc1C(=O)O. The number of carboxylic acids is 1. The van der Waals surface area contributed by atoms with E-state index in [9.17, 15) is 14.7 Å². The number of carbonyl (C=O) groups is 2. The zero-order valence-electron chi connectivity index (χ0n) is 10.4. The van der Waals surface area contributed by atoms with Gasteiger partial charge in [0.2, 0.25) is 6.41 Å². The molecular weight excluding hydrogens is 310 g/mol. The van der Waals surface area contributed by atoms with Crippen LogP contribution in [0.15, 0.2) is 24.3 Å². The molecule has 0 bridgehead atoms. The monoisotopic (exact) mass is 325 g/mol. The van der Waals surface area contributed by atoms with Crippen LogP contribution < -0.4 is 5.32 Å². The molecule has 1 fully saturated rings. The number of halogens is 1. The number of hydrogen-bond acceptors (Lipinski definition) is 2. The summed E-state index contributed by atoms with van der Waals surface area (Å²) in [5.41, 5.74) is 1.15. The van der Waals surface area contributed by atoms with Crippen LogP contribution in [0.1, 0.15) is 41.1 Å². The van der Waals surface area contributed by atoms with Gasteiger partial charge in [0.05, 0.1) is 5.56 Å². The van der Waals surface area contributed by atoms with Gasteiger partial charge in [0.25, 0.3) is 0 Å². The maximum absolute atomic E-state index is 11.3. The smallest absolute Gasteiger partial charge is 0.335 e. The molecule has 4 nitrogen and oxygen atoms in total. The van der Waals surface area contributed by atoms with Crippen molar-refractivity contribution in [3.8, 4) is 0 Å². The van der Waals surface area contributed by atoms with Gasteiger partial charge in [0.15, 0.2) is 0 Å². The lowest BCUT2D eigenvalue weighted by Gasteiger charge is -2.34. The zero-order chi connectivity index (χ0) is 13.8. The second-order valence-corrected chi connectivity index (χ2v) is 6.10. The summed E-state index contributed by atoms with van der Waals surface area (Å²) in [7, 11) is 0. The molecule has 1 aliphatic rings. The fraction of sp³-hybridized carbons (Fsp3) is 0.429. The Hall–Kier alpha value is -1.36. The highest BCUT2D eigenvalue weighted by Crippen LogP contribution is 2.37. The Kier molecular flexibility index (Phi) is 4.58. The Morgan fingerprint density at radius 1 is 1.37 bits per heavy atom. The fourth-order valence-electron chi connectivity index (χ4n) is 2.78. The quantitative estimate of drug-likeness (QED) is 0.660. The molecule has 5 heteroatoms. The summed E-state index contributed by atoms with van der Waals surface area (Å²) in [5.74, 6) is -0.854. The van der Waals surface area contributed by atoms with E-state index in [1.807, 2.05) is 12.1 Å². The molecule has 102 valence electrons. The van der Waals surface area contributed by atoms with E-state index in [1.165, 1.54) is 0 Å². The topological polar surface area (TPSA) is 66.4 Å². The molecule has 0 saturated heterocycles. The molecule has 0 aliphatic heterocycles. The van der Waals surface area contributed by atoms with E-state index in [0.29, 0.717) is 16.8 Å². The number of carbonyl (C=O) groups excluding carboxylic acids is 1. The summed E-state index contributed by atoms with van der Waals surface area (Å²) >= 11 is 3.57. The van der Waals surface area contributed by atoms with Gasteiger partial charge in [-0.15, -0.1) is 0 Å². The van der Waals surface area contributed by atoms with Crippen molar-refractivity contribution in [1.82, 2.24) is 5.32 Å². The van der Waals surface area contributed by atoms with Crippen LogP contribution in [0.25, 0.3) is 0 Å². The van der Waals surface area contributed by atoms with Gasteiger partial charge in [-0.1, -0.05) is 34.1 Å². The van der Waals surface area contributed by atoms with Crippen molar-refractivity contribution in [3.05, 3.63) is 35.4 Å². The van der Waals surface area contributed by atoms with E-state index in [-0.39, 0.29) is 12.0 Å². The summed E-state index contributed by atoms with van der Waals surface area (Å²) in [6.07, 6.45) is 3.37. The van der Waals surface area contributed by atoms with Gasteiger partial charge in [0, 0.05) is 16.8 Å². The molecule has 1 saturated carbocycles. The van der Waals surface area contributed by atoms with E-state index >= 15 is 0 Å². The maximum Gasteiger partial charge on any atom is 0.335 e. The largest absolute Gasteiger partial charge is 0.478 e. The van der Waals surface area contributed by atoms with Crippen LogP contribution in [-0.2, 0) is 4.79 Å². The number of amides is 1. The second-order valence-electron chi connectivity index (χ2n) is 4.80. The zero-order valence-corrected chi connectivity index (χ0v) is 12.0. The molecule has 1 aromatic carbocycles. The van der Waals surface area contributed by atoms with Crippen LogP contribution in [-0.4, -0.2) is 28.4 Å². The molecule has 2 N–H and O–H groups in total. The first-order valence-electron chi connectivity index (χ1n) is 6.29. The van der Waals surface area contributed by atoms with Gasteiger partial charge >= 0.3 is 5.97 Å². The number of hydrogen-bond donors (Lipinski definition) is 2. The minimum Gasteiger partial charge on any atom is -0.478 e. The molecule has 1 aromatic rings. The van der Waals surface area contributed by atoms with Crippen LogP contribution in [0.3, 0.4) is 0 Å². The third-order valence-corrected chi connectivity index (χ3v) is 4.49. The number of nitrogens with one attached hydrogen (secondary N) is 1. The van der Waals surface area contributed by atoms with Crippen molar-refractivity contribution in [2.24, 2.45) is 0 Å². The standard InChI is InChI=1S/C14H16BrNO3/c15-9-5-6-11(13(7-9)16-8-17)10-3-1-2-4-12(10)14(18)19/h1-4,8-9,11,13H,5-7H2,(H,16,17)(H,18,19)/t9-,11-,13-/m1/s1. The molecule has 0 radical (unpaired) electrons. The number of aromatic carboxylic acids is 1. The summed E-state index contributed by atoms with van der Waals surface area (Å²) < 4.78 is 0. The lowest BCUT2D eigenvalue weighted by molar-refractivity contribution is -0.110. The average molecular weight is 326 g/mol. The molecule has 2 rings (SSSR count). The van der Waals surface area contributed by atoms with Crippen molar-refractivity contribution in [3.63, 3.8) is 0 Å². The predicted octanol–water partition coefficient (Wildman–Crippen LogP) is 2.53. The minimum atomic E-state index is -0.915. The molecule has 3 atom stereocenters. The van der Waals surface area contributed by atoms with E-state index in [4.69, 9.17) is 0 Å². The first-order valence-corrected chi connectivity index (χ1v) is 7.21. The summed E-state index contributed by atoms with van der Waals surface area (Å²) in [5, 5.41) is 12.1. The lowest BCUT2D eigenvalue weighted by atomic mass is 9.78. The number of rotatable bonds is 4. The summed E-state index contributed by atoms with van der Waals surface area (Å²) in [4.78, 5) is 22.4. The fourth-order valence-corrected chi connectivity index (χ4v) is 3.45. The summed E-state index contributed by atoms with van der Waals surface area (Å²) in [6, 6.07) is 7.03. The van der Waals surface area contributed by atoms with Crippen molar-refractivity contribution in [2.45, 2.75) is 36.0 Å². The van der Waals surface area contributed by atoms with Crippen LogP contribution in [0, 0.1) is 0 Å². The molecule has 0 aromatic heterocycles. The lowest BCUT2D eigenvalue weighted by Crippen LogP contribution is -2.40. The predicted molar refractivity (Wildman–Crippen MR) is 75.7 cm³/mol. The summed E-state index contributed by atoms with van der Waals surface area (Å²) in [6.45, 7) is 0. The molecule has 0 spiro atoms. The minimum absolute atomic E-state index is 0.0175. The third-order valence-electron chi connectivity index (χ3n) is 3.66. The van der Waals surface area contributed by atoms with Crippen molar-refractivity contribution < 1.29 is 14.7 Å². The van der Waals surface area contributed by atoms with Crippen LogP contribution >= 0.6 is 15.9 Å². The molecule has 1 aliphatic carbocycles. The highest BCUT2D eigenvalue weighted by molar-refractivity contribution is 9.09. The molecule has 1 amide bonds. The van der Waals surface area contributed by atoms with Gasteiger partial charge in [-0.25, -0.2) is 4.79 Å². The van der Waals surface area contributed by atoms with Crippen molar-refractivity contribution in [1.29, 1.82) is 0 Å². The highest BCUT2D eigenvalue weighted by atomic mass is 79.9. The van der Waals surface area contributed by atoms with Crippen molar-refractivity contribution >= 4 is 28.3 Å². The van der Waals surface area contributed by atoms with Crippen molar-refractivity contribution in [2.75, 3.05) is 0 Å². The van der Waals surface area contributed by atoms with Crippen LogP contribution in [0.4, 0.5) is 0 Å². The van der Waals surface area contributed by atoms with Gasteiger partial charge < -0.3 is 10.4 Å². The molecule has 0 unspecified atom stereocenters. The normalized spacial score (nSPS) is 26.7. The molecular formula is C14H16BrNO3. The van der Waals surface area contributed by atoms with Crippen LogP contribution in [0.2, 0.25) is 0 Å². The number of benzene rings is 1. The first kappa shape index (κ1) is 14.1. The number of alkyl halides is 1. The molecule has 19 heavy (non-hydrogen) atoms. The Balaban J connectivity index is 2.33. The first-order chi connectivity index (χ1) is 9.13. The van der Waals surface area contributed by atoms with E-state index in [2.05, 4.69) is 21.2 Å². The van der Waals surface area contributed by atoms with Gasteiger partial charge in [-0.3, -0.25) is 4.79 Å². The number of carboxylic acid groups (broad SMARTS) is 1. The van der Waals surface area contributed by atoms with Gasteiger partial charge in [-0.2, -0.15) is 0 Å². The highest BCUT2D eigenvalue weighted by Gasteiger charge is 2.32. The Morgan fingerprint density at radius 2 is 2.11 bits per heavy atom. The average Bonchev–Trinajstić information content (AvgIpc) is 2.39. The second kappa shape index (κ2) is 6.19. The van der Waals surface area contributed by atoms with Gasteiger partial charge in [-0.05, 0) is 30.9 Å². The Labute approximate surface area is 120 Å². The van der Waals surface area contributed by atoms with Crippen LogP contribution in [0.5, 0.6) is 0 Å². The Morgan fingerprint density at radius 3 is 2.79 bits per heavy atom. The van der Waals surface area contributed by atoms with E-state index in [1.54, 1.807) is 12.1 Å². The van der Waals surface area contributed by atoms with Gasteiger partial charge in [0.1, 0.15) is 0 Å².